The molecule has 2 rings (SSSR count). The molecule has 1 fully saturated rings. The van der Waals surface area contributed by atoms with Crippen LogP contribution in [-0.4, -0.2) is 29.3 Å². The topological polar surface area (TPSA) is 49.5 Å². The Bertz CT molecular complexity index is 466. The van der Waals surface area contributed by atoms with Crippen molar-refractivity contribution in [1.29, 1.82) is 0 Å². The average molecular weight is 285 g/mol. The lowest BCUT2D eigenvalue weighted by Gasteiger charge is -2.36. The van der Waals surface area contributed by atoms with Gasteiger partial charge in [-0.2, -0.15) is 0 Å². The van der Waals surface area contributed by atoms with Crippen molar-refractivity contribution in [2.75, 3.05) is 18.0 Å². The van der Waals surface area contributed by atoms with Crippen LogP contribution in [0.5, 0.6) is 0 Å². The quantitative estimate of drug-likeness (QED) is 0.818. The van der Waals surface area contributed by atoms with E-state index in [2.05, 4.69) is 4.90 Å². The number of halogens is 1. The second kappa shape index (κ2) is 5.43. The van der Waals surface area contributed by atoms with Gasteiger partial charge in [0.25, 0.3) is 0 Å². The van der Waals surface area contributed by atoms with E-state index in [1.165, 1.54) is 0 Å². The van der Waals surface area contributed by atoms with Crippen molar-refractivity contribution in [2.24, 2.45) is 11.7 Å². The summed E-state index contributed by atoms with van der Waals surface area (Å²) in [6.45, 7) is 3.66. The van der Waals surface area contributed by atoms with Gasteiger partial charge >= 0.3 is 0 Å². The fourth-order valence-electron chi connectivity index (χ4n) is 2.33. The Morgan fingerprint density at radius 1 is 1.56 bits per heavy atom. The molecule has 0 radical (unpaired) electrons. The lowest BCUT2D eigenvalue weighted by Crippen LogP contribution is -2.42. The summed E-state index contributed by atoms with van der Waals surface area (Å²) < 4.78 is 0. The summed E-state index contributed by atoms with van der Waals surface area (Å²) in [6.07, 6.45) is 0.544. The van der Waals surface area contributed by atoms with Crippen LogP contribution in [0.25, 0.3) is 0 Å². The number of aliphatic hydroxyl groups excluding tert-OH is 1. The fraction of sp³-hybridized carbons (Fsp3) is 0.462. The molecule has 1 aromatic rings. The minimum atomic E-state index is -0.221. The molecule has 2 atom stereocenters. The van der Waals surface area contributed by atoms with Crippen LogP contribution in [0.3, 0.4) is 0 Å². The standard InChI is InChI=1S/C13H17ClN2OS/c1-8-7-16(5-4-12(8)17)11-3-2-9(14)6-10(11)13(15)18/h2-3,6,8,12,17H,4-5,7H2,1H3,(H2,15,18). The Labute approximate surface area is 118 Å². The Morgan fingerprint density at radius 3 is 2.89 bits per heavy atom. The van der Waals surface area contributed by atoms with Gasteiger partial charge in [0.1, 0.15) is 4.99 Å². The summed E-state index contributed by atoms with van der Waals surface area (Å²) in [6, 6.07) is 5.59. The highest BCUT2D eigenvalue weighted by atomic mass is 35.5. The summed E-state index contributed by atoms with van der Waals surface area (Å²) in [5.41, 5.74) is 7.56. The molecule has 1 saturated heterocycles. The van der Waals surface area contributed by atoms with Gasteiger partial charge in [-0.3, -0.25) is 0 Å². The number of anilines is 1. The molecule has 2 unspecified atom stereocenters. The van der Waals surface area contributed by atoms with E-state index in [4.69, 9.17) is 29.6 Å². The van der Waals surface area contributed by atoms with Gasteiger partial charge in [-0.05, 0) is 30.5 Å². The molecule has 98 valence electrons. The number of benzene rings is 1. The maximum Gasteiger partial charge on any atom is 0.106 e. The van der Waals surface area contributed by atoms with Crippen molar-refractivity contribution in [3.63, 3.8) is 0 Å². The molecule has 3 nitrogen and oxygen atoms in total. The second-order valence-electron chi connectivity index (χ2n) is 4.81. The number of nitrogens with zero attached hydrogens (tertiary/aromatic N) is 1. The zero-order valence-corrected chi connectivity index (χ0v) is 11.8. The summed E-state index contributed by atoms with van der Waals surface area (Å²) in [5.74, 6) is 0.244. The van der Waals surface area contributed by atoms with E-state index in [0.717, 1.165) is 30.8 Å². The van der Waals surface area contributed by atoms with E-state index in [1.807, 2.05) is 19.1 Å². The van der Waals surface area contributed by atoms with Gasteiger partial charge in [-0.25, -0.2) is 0 Å². The number of hydrogen-bond donors (Lipinski definition) is 2. The van der Waals surface area contributed by atoms with Gasteiger partial charge in [-0.15, -0.1) is 0 Å². The maximum atomic E-state index is 9.77. The van der Waals surface area contributed by atoms with E-state index in [-0.39, 0.29) is 12.0 Å². The smallest absolute Gasteiger partial charge is 0.106 e. The van der Waals surface area contributed by atoms with E-state index in [9.17, 15) is 5.11 Å². The highest BCUT2D eigenvalue weighted by molar-refractivity contribution is 7.80. The van der Waals surface area contributed by atoms with Crippen molar-refractivity contribution >= 4 is 34.5 Å². The van der Waals surface area contributed by atoms with Crippen molar-refractivity contribution in [3.05, 3.63) is 28.8 Å². The van der Waals surface area contributed by atoms with Crippen LogP contribution in [0.2, 0.25) is 5.02 Å². The first-order valence-electron chi connectivity index (χ1n) is 6.01. The highest BCUT2D eigenvalue weighted by Gasteiger charge is 2.25. The lowest BCUT2D eigenvalue weighted by atomic mass is 9.95. The zero-order chi connectivity index (χ0) is 13.3. The van der Waals surface area contributed by atoms with Gasteiger partial charge in [0.15, 0.2) is 0 Å². The van der Waals surface area contributed by atoms with Crippen LogP contribution in [0.15, 0.2) is 18.2 Å². The predicted octanol–water partition coefficient (Wildman–Crippen LogP) is 2.18. The minimum absolute atomic E-state index is 0.221. The van der Waals surface area contributed by atoms with E-state index < -0.39 is 0 Å². The Kier molecular flexibility index (Phi) is 4.10. The number of piperidine rings is 1. The van der Waals surface area contributed by atoms with Gasteiger partial charge in [0.05, 0.1) is 6.10 Å². The number of aliphatic hydroxyl groups is 1. The molecule has 0 bridgehead atoms. The molecule has 0 amide bonds. The largest absolute Gasteiger partial charge is 0.393 e. The Morgan fingerprint density at radius 2 is 2.28 bits per heavy atom. The molecular weight excluding hydrogens is 268 g/mol. The number of rotatable bonds is 2. The molecular formula is C13H17ClN2OS. The van der Waals surface area contributed by atoms with Crippen molar-refractivity contribution in [1.82, 2.24) is 0 Å². The van der Waals surface area contributed by atoms with Gasteiger partial charge in [-0.1, -0.05) is 30.7 Å². The molecule has 5 heteroatoms. The molecule has 0 aromatic heterocycles. The number of hydrogen-bond acceptors (Lipinski definition) is 3. The molecule has 3 N–H and O–H groups in total. The van der Waals surface area contributed by atoms with Gasteiger partial charge in [0.2, 0.25) is 0 Å². The normalized spacial score (nSPS) is 24.1. The van der Waals surface area contributed by atoms with Gasteiger partial charge < -0.3 is 15.7 Å². The second-order valence-corrected chi connectivity index (χ2v) is 5.68. The average Bonchev–Trinajstić information content (AvgIpc) is 2.32. The van der Waals surface area contributed by atoms with E-state index in [0.29, 0.717) is 10.0 Å². The predicted molar refractivity (Wildman–Crippen MR) is 79.3 cm³/mol. The summed E-state index contributed by atoms with van der Waals surface area (Å²) >= 11 is 11.1. The first-order valence-corrected chi connectivity index (χ1v) is 6.80. The molecule has 1 aliphatic heterocycles. The Hall–Kier alpha value is -0.840. The van der Waals surface area contributed by atoms with Crippen LogP contribution in [-0.2, 0) is 0 Å². The van der Waals surface area contributed by atoms with Gasteiger partial charge in [0, 0.05) is 29.4 Å². The van der Waals surface area contributed by atoms with Crippen LogP contribution in [0.1, 0.15) is 18.9 Å². The molecule has 1 heterocycles. The lowest BCUT2D eigenvalue weighted by molar-refractivity contribution is 0.0971. The highest BCUT2D eigenvalue weighted by Crippen LogP contribution is 2.28. The molecule has 0 saturated carbocycles. The first-order chi connectivity index (χ1) is 8.49. The monoisotopic (exact) mass is 284 g/mol. The molecule has 0 spiro atoms. The van der Waals surface area contributed by atoms with E-state index in [1.54, 1.807) is 6.07 Å². The fourth-order valence-corrected chi connectivity index (χ4v) is 2.67. The summed E-state index contributed by atoms with van der Waals surface area (Å²) in [5, 5.41) is 10.4. The Balaban J connectivity index is 2.30. The first kappa shape index (κ1) is 13.6. The van der Waals surface area contributed by atoms with Crippen molar-refractivity contribution in [3.8, 4) is 0 Å². The number of thiocarbonyl (C=S) groups is 1. The van der Waals surface area contributed by atoms with Crippen molar-refractivity contribution < 1.29 is 5.11 Å². The van der Waals surface area contributed by atoms with Crippen molar-refractivity contribution in [2.45, 2.75) is 19.4 Å². The van der Waals surface area contributed by atoms with Crippen LogP contribution >= 0.6 is 23.8 Å². The summed E-state index contributed by atoms with van der Waals surface area (Å²) in [4.78, 5) is 2.56. The summed E-state index contributed by atoms with van der Waals surface area (Å²) in [7, 11) is 0. The number of nitrogens with two attached hydrogens (primary N) is 1. The third kappa shape index (κ3) is 2.76. The molecule has 0 aliphatic carbocycles. The van der Waals surface area contributed by atoms with Crippen LogP contribution in [0, 0.1) is 5.92 Å². The minimum Gasteiger partial charge on any atom is -0.393 e. The third-order valence-corrected chi connectivity index (χ3v) is 3.88. The van der Waals surface area contributed by atoms with E-state index >= 15 is 0 Å². The zero-order valence-electron chi connectivity index (χ0n) is 10.3. The third-order valence-electron chi connectivity index (χ3n) is 3.42. The van der Waals surface area contributed by atoms with Crippen LogP contribution in [0.4, 0.5) is 5.69 Å². The molecule has 18 heavy (non-hydrogen) atoms. The molecule has 1 aromatic carbocycles. The maximum absolute atomic E-state index is 9.77. The SMILES string of the molecule is CC1CN(c2ccc(Cl)cc2C(N)=S)CCC1O. The molecule has 1 aliphatic rings. The van der Waals surface area contributed by atoms with Crippen LogP contribution < -0.4 is 10.6 Å².